The number of hydrogen-bond donors (Lipinski definition) is 0. The lowest BCUT2D eigenvalue weighted by Gasteiger charge is -2.38. The fourth-order valence-corrected chi connectivity index (χ4v) is 3.64. The fraction of sp³-hybridized carbons (Fsp3) is 0.438. The van der Waals surface area contributed by atoms with Crippen LogP contribution < -0.4 is 0 Å². The van der Waals surface area contributed by atoms with Crippen molar-refractivity contribution in [1.82, 2.24) is 14.9 Å². The average Bonchev–Trinajstić information content (AvgIpc) is 3.04. The molecule has 0 radical (unpaired) electrons. The molecule has 1 fully saturated rings. The van der Waals surface area contributed by atoms with Crippen molar-refractivity contribution in [2.75, 3.05) is 13.1 Å². The Balaban J connectivity index is 1.59. The van der Waals surface area contributed by atoms with Crippen molar-refractivity contribution in [3.8, 4) is 0 Å². The van der Waals surface area contributed by atoms with E-state index in [1.165, 1.54) is 5.01 Å². The molecule has 2 aromatic heterocycles. The van der Waals surface area contributed by atoms with Crippen LogP contribution in [-0.2, 0) is 16.6 Å². The minimum Gasteiger partial charge on any atom is -0.342 e. The first-order valence-electron chi connectivity index (χ1n) is 7.24. The van der Waals surface area contributed by atoms with E-state index in [2.05, 4.69) is 16.9 Å². The third kappa shape index (κ3) is 3.13. The van der Waals surface area contributed by atoms with Gasteiger partial charge in [-0.05, 0) is 24.5 Å². The standard InChI is InChI=1S/C16H19N3OS/c1-16(15-18-7-10-21-15)4-8-19(9-5-16)14(20)11-13-3-2-6-17-12-13/h2-3,6-7,10,12H,4-5,8-9,11H2,1H3. The molecule has 4 nitrogen and oxygen atoms in total. The molecule has 0 saturated carbocycles. The topological polar surface area (TPSA) is 46.1 Å². The Bertz CT molecular complexity index is 589. The Morgan fingerprint density at radius 2 is 2.19 bits per heavy atom. The molecule has 0 aromatic carbocycles. The molecule has 5 heteroatoms. The van der Waals surface area contributed by atoms with Crippen LogP contribution in [0.3, 0.4) is 0 Å². The number of pyridine rings is 1. The van der Waals surface area contributed by atoms with Crippen molar-refractivity contribution in [2.24, 2.45) is 0 Å². The number of rotatable bonds is 3. The molecule has 21 heavy (non-hydrogen) atoms. The zero-order valence-electron chi connectivity index (χ0n) is 12.2. The highest BCUT2D eigenvalue weighted by atomic mass is 32.1. The SMILES string of the molecule is CC1(c2nccs2)CCN(C(=O)Cc2cccnc2)CC1. The third-order valence-electron chi connectivity index (χ3n) is 4.25. The van der Waals surface area contributed by atoms with E-state index in [-0.39, 0.29) is 11.3 Å². The highest BCUT2D eigenvalue weighted by molar-refractivity contribution is 7.09. The predicted molar refractivity (Wildman–Crippen MR) is 83.2 cm³/mol. The molecular weight excluding hydrogens is 282 g/mol. The Hall–Kier alpha value is -1.75. The molecule has 1 saturated heterocycles. The summed E-state index contributed by atoms with van der Waals surface area (Å²) in [7, 11) is 0. The van der Waals surface area contributed by atoms with Gasteiger partial charge in [-0.15, -0.1) is 11.3 Å². The van der Waals surface area contributed by atoms with Gasteiger partial charge in [0.25, 0.3) is 0 Å². The summed E-state index contributed by atoms with van der Waals surface area (Å²) in [6.07, 6.45) is 7.78. The lowest BCUT2D eigenvalue weighted by molar-refractivity contribution is -0.132. The minimum absolute atomic E-state index is 0.124. The first-order chi connectivity index (χ1) is 10.2. The molecule has 110 valence electrons. The zero-order chi connectivity index (χ0) is 14.7. The second kappa shape index (κ2) is 5.93. The fourth-order valence-electron chi connectivity index (χ4n) is 2.77. The number of likely N-dealkylation sites (tertiary alicyclic amines) is 1. The van der Waals surface area contributed by atoms with E-state index in [4.69, 9.17) is 0 Å². The molecule has 3 rings (SSSR count). The van der Waals surface area contributed by atoms with Crippen LogP contribution in [0.1, 0.15) is 30.3 Å². The van der Waals surface area contributed by atoms with E-state index >= 15 is 0 Å². The molecule has 0 aliphatic carbocycles. The van der Waals surface area contributed by atoms with Gasteiger partial charge in [0.2, 0.25) is 5.91 Å². The highest BCUT2D eigenvalue weighted by Crippen LogP contribution is 2.36. The molecule has 3 heterocycles. The summed E-state index contributed by atoms with van der Waals surface area (Å²) in [6.45, 7) is 3.89. The van der Waals surface area contributed by atoms with Gasteiger partial charge in [-0.3, -0.25) is 9.78 Å². The van der Waals surface area contributed by atoms with Crippen LogP contribution in [0.5, 0.6) is 0 Å². The van der Waals surface area contributed by atoms with Crippen molar-refractivity contribution in [3.63, 3.8) is 0 Å². The van der Waals surface area contributed by atoms with Crippen molar-refractivity contribution in [3.05, 3.63) is 46.7 Å². The normalized spacial score (nSPS) is 17.7. The van der Waals surface area contributed by atoms with Crippen LogP contribution in [0, 0.1) is 0 Å². The van der Waals surface area contributed by atoms with Crippen molar-refractivity contribution in [1.29, 1.82) is 0 Å². The lowest BCUT2D eigenvalue weighted by Crippen LogP contribution is -2.44. The van der Waals surface area contributed by atoms with Gasteiger partial charge >= 0.3 is 0 Å². The van der Waals surface area contributed by atoms with E-state index in [1.807, 2.05) is 28.6 Å². The Morgan fingerprint density at radius 3 is 2.81 bits per heavy atom. The predicted octanol–water partition coefficient (Wildman–Crippen LogP) is 2.66. The van der Waals surface area contributed by atoms with E-state index in [0.29, 0.717) is 6.42 Å². The summed E-state index contributed by atoms with van der Waals surface area (Å²) < 4.78 is 0. The van der Waals surface area contributed by atoms with E-state index in [0.717, 1.165) is 31.5 Å². The summed E-state index contributed by atoms with van der Waals surface area (Å²) in [5, 5.41) is 3.22. The summed E-state index contributed by atoms with van der Waals surface area (Å²) in [5.74, 6) is 0.198. The Labute approximate surface area is 128 Å². The largest absolute Gasteiger partial charge is 0.342 e. The van der Waals surface area contributed by atoms with Gasteiger partial charge in [-0.1, -0.05) is 13.0 Å². The van der Waals surface area contributed by atoms with E-state index < -0.39 is 0 Å². The quantitative estimate of drug-likeness (QED) is 0.875. The maximum atomic E-state index is 12.4. The van der Waals surface area contributed by atoms with Crippen LogP contribution in [0.4, 0.5) is 0 Å². The molecule has 0 bridgehead atoms. The summed E-state index contributed by atoms with van der Waals surface area (Å²) >= 11 is 1.72. The lowest BCUT2D eigenvalue weighted by atomic mass is 9.81. The molecule has 1 aliphatic rings. The molecule has 0 unspecified atom stereocenters. The Kier molecular flexibility index (Phi) is 4.01. The van der Waals surface area contributed by atoms with Crippen LogP contribution in [-0.4, -0.2) is 33.9 Å². The van der Waals surface area contributed by atoms with Crippen LogP contribution >= 0.6 is 11.3 Å². The number of nitrogens with zero attached hydrogens (tertiary/aromatic N) is 3. The van der Waals surface area contributed by atoms with Gasteiger partial charge in [0.05, 0.1) is 11.4 Å². The zero-order valence-corrected chi connectivity index (χ0v) is 13.0. The molecule has 2 aromatic rings. The molecule has 1 amide bonds. The van der Waals surface area contributed by atoms with Gasteiger partial charge in [0, 0.05) is 42.5 Å². The molecule has 0 atom stereocenters. The van der Waals surface area contributed by atoms with E-state index in [1.54, 1.807) is 23.7 Å². The van der Waals surface area contributed by atoms with Gasteiger partial charge < -0.3 is 4.90 Å². The smallest absolute Gasteiger partial charge is 0.227 e. The summed E-state index contributed by atoms with van der Waals surface area (Å²) in [5.41, 5.74) is 1.11. The first-order valence-corrected chi connectivity index (χ1v) is 8.12. The monoisotopic (exact) mass is 301 g/mol. The minimum atomic E-state index is 0.124. The maximum absolute atomic E-state index is 12.4. The first kappa shape index (κ1) is 14.2. The molecular formula is C16H19N3OS. The van der Waals surface area contributed by atoms with Crippen molar-refractivity contribution in [2.45, 2.75) is 31.6 Å². The third-order valence-corrected chi connectivity index (χ3v) is 5.33. The number of hydrogen-bond acceptors (Lipinski definition) is 4. The molecule has 0 spiro atoms. The number of aromatic nitrogens is 2. The number of carbonyl (C=O) groups is 1. The van der Waals surface area contributed by atoms with Gasteiger partial charge in [-0.25, -0.2) is 4.98 Å². The van der Waals surface area contributed by atoms with Gasteiger partial charge in [0.15, 0.2) is 0 Å². The summed E-state index contributed by atoms with van der Waals surface area (Å²) in [6, 6.07) is 3.83. The van der Waals surface area contributed by atoms with Crippen LogP contribution in [0.2, 0.25) is 0 Å². The van der Waals surface area contributed by atoms with E-state index in [9.17, 15) is 4.79 Å². The number of thiazole rings is 1. The number of piperidine rings is 1. The van der Waals surface area contributed by atoms with Gasteiger partial charge in [0.1, 0.15) is 0 Å². The maximum Gasteiger partial charge on any atom is 0.227 e. The average molecular weight is 301 g/mol. The van der Waals surface area contributed by atoms with Crippen molar-refractivity contribution >= 4 is 17.2 Å². The second-order valence-electron chi connectivity index (χ2n) is 5.82. The second-order valence-corrected chi connectivity index (χ2v) is 6.71. The van der Waals surface area contributed by atoms with Gasteiger partial charge in [-0.2, -0.15) is 0 Å². The Morgan fingerprint density at radius 1 is 1.38 bits per heavy atom. The summed E-state index contributed by atoms with van der Waals surface area (Å²) in [4.78, 5) is 22.8. The van der Waals surface area contributed by atoms with Crippen molar-refractivity contribution < 1.29 is 4.79 Å². The van der Waals surface area contributed by atoms with Crippen LogP contribution in [0.25, 0.3) is 0 Å². The molecule has 0 N–H and O–H groups in total. The molecule has 1 aliphatic heterocycles. The van der Waals surface area contributed by atoms with Crippen LogP contribution in [0.15, 0.2) is 36.1 Å². The number of amides is 1. The number of carbonyl (C=O) groups excluding carboxylic acids is 1. The highest BCUT2D eigenvalue weighted by Gasteiger charge is 2.35.